The summed E-state index contributed by atoms with van der Waals surface area (Å²) in [7, 11) is 0. The first kappa shape index (κ1) is 16.8. The normalized spacial score (nSPS) is 11.0. The Morgan fingerprint density at radius 1 is 0.923 bits per heavy atom. The van der Waals surface area contributed by atoms with E-state index in [2.05, 4.69) is 15.3 Å². The van der Waals surface area contributed by atoms with Gasteiger partial charge in [-0.05, 0) is 19.1 Å². The van der Waals surface area contributed by atoms with E-state index >= 15 is 0 Å². The number of aromatic nitrogens is 4. The van der Waals surface area contributed by atoms with Crippen LogP contribution in [0.4, 0.5) is 0 Å². The summed E-state index contributed by atoms with van der Waals surface area (Å²) in [5.41, 5.74) is 1.66. The average molecular weight is 388 g/mol. The highest BCUT2D eigenvalue weighted by atomic mass is 35.5. The summed E-state index contributed by atoms with van der Waals surface area (Å²) in [5, 5.41) is 9.12. The van der Waals surface area contributed by atoms with Gasteiger partial charge in [-0.3, -0.25) is 0 Å². The maximum absolute atomic E-state index is 6.31. The number of benzene rings is 1. The molecule has 4 rings (SSSR count). The molecule has 26 heavy (non-hydrogen) atoms. The lowest BCUT2D eigenvalue weighted by Gasteiger charge is -2.04. The number of aryl methyl sites for hydroxylation is 1. The zero-order valence-corrected chi connectivity index (χ0v) is 15.2. The standard InChI is InChI=1S/C18H13Cl2N4O2/c1-11-15(17(22-25-11)16-12(19)6-5-7-13(16)20)18-21-14(26-23-18)10-24-8-3-2-4-9-24/h2-9H,10H2,1H3/q+1. The van der Waals surface area contributed by atoms with Gasteiger partial charge in [-0.2, -0.15) is 9.55 Å². The Bertz CT molecular complexity index is 1040. The van der Waals surface area contributed by atoms with E-state index in [9.17, 15) is 0 Å². The molecule has 6 nitrogen and oxygen atoms in total. The molecule has 130 valence electrons. The third kappa shape index (κ3) is 3.09. The maximum atomic E-state index is 6.31. The maximum Gasteiger partial charge on any atom is 0.292 e. The molecule has 0 saturated carbocycles. The van der Waals surface area contributed by atoms with Gasteiger partial charge in [0.15, 0.2) is 12.4 Å². The number of nitrogens with zero attached hydrogens (tertiary/aromatic N) is 4. The predicted octanol–water partition coefficient (Wildman–Crippen LogP) is 4.34. The smallest absolute Gasteiger partial charge is 0.292 e. The lowest BCUT2D eigenvalue weighted by atomic mass is 10.1. The van der Waals surface area contributed by atoms with E-state index < -0.39 is 0 Å². The zero-order valence-electron chi connectivity index (χ0n) is 13.7. The van der Waals surface area contributed by atoms with Crippen molar-refractivity contribution in [1.82, 2.24) is 15.3 Å². The lowest BCUT2D eigenvalue weighted by molar-refractivity contribution is -0.690. The van der Waals surface area contributed by atoms with Crippen LogP contribution < -0.4 is 4.57 Å². The van der Waals surface area contributed by atoms with Crippen LogP contribution in [0.2, 0.25) is 10.0 Å². The molecule has 0 N–H and O–H groups in total. The van der Waals surface area contributed by atoms with Crippen LogP contribution in [0.1, 0.15) is 11.7 Å². The van der Waals surface area contributed by atoms with Gasteiger partial charge in [0.25, 0.3) is 5.89 Å². The highest BCUT2D eigenvalue weighted by Gasteiger charge is 2.25. The summed E-state index contributed by atoms with van der Waals surface area (Å²) in [6, 6.07) is 11.0. The van der Waals surface area contributed by atoms with Crippen LogP contribution in [0.25, 0.3) is 22.6 Å². The molecule has 0 radical (unpaired) electrons. The number of halogens is 2. The molecule has 0 aliphatic heterocycles. The first-order valence-corrected chi connectivity index (χ1v) is 8.57. The fraction of sp³-hybridized carbons (Fsp3) is 0.111. The Labute approximate surface area is 159 Å². The van der Waals surface area contributed by atoms with Crippen molar-refractivity contribution in [3.05, 3.63) is 70.5 Å². The van der Waals surface area contributed by atoms with Crippen molar-refractivity contribution in [3.8, 4) is 22.6 Å². The Morgan fingerprint density at radius 2 is 1.65 bits per heavy atom. The highest BCUT2D eigenvalue weighted by Crippen LogP contribution is 2.40. The van der Waals surface area contributed by atoms with Crippen molar-refractivity contribution in [2.24, 2.45) is 0 Å². The average Bonchev–Trinajstić information content (AvgIpc) is 3.22. The molecule has 3 heterocycles. The zero-order chi connectivity index (χ0) is 18.1. The molecule has 0 aliphatic carbocycles. The molecular formula is C18H13Cl2N4O2+. The Morgan fingerprint density at radius 3 is 2.38 bits per heavy atom. The molecular weight excluding hydrogens is 375 g/mol. The molecule has 0 aliphatic rings. The van der Waals surface area contributed by atoms with Gasteiger partial charge in [0.05, 0.1) is 15.6 Å². The molecule has 0 atom stereocenters. The van der Waals surface area contributed by atoms with Crippen LogP contribution in [0.15, 0.2) is 57.8 Å². The van der Waals surface area contributed by atoms with Crippen molar-refractivity contribution in [2.45, 2.75) is 13.5 Å². The minimum Gasteiger partial charge on any atom is -0.360 e. The van der Waals surface area contributed by atoms with Crippen molar-refractivity contribution in [2.75, 3.05) is 0 Å². The second-order valence-electron chi connectivity index (χ2n) is 5.62. The molecule has 0 spiro atoms. The van der Waals surface area contributed by atoms with Gasteiger partial charge < -0.3 is 9.05 Å². The largest absolute Gasteiger partial charge is 0.360 e. The van der Waals surface area contributed by atoms with Crippen molar-refractivity contribution in [1.29, 1.82) is 0 Å². The highest BCUT2D eigenvalue weighted by molar-refractivity contribution is 6.39. The van der Waals surface area contributed by atoms with Crippen molar-refractivity contribution >= 4 is 23.2 Å². The van der Waals surface area contributed by atoms with Crippen LogP contribution in [0.5, 0.6) is 0 Å². The Kier molecular flexibility index (Phi) is 4.44. The van der Waals surface area contributed by atoms with Gasteiger partial charge in [0.1, 0.15) is 11.5 Å². The number of rotatable bonds is 4. The van der Waals surface area contributed by atoms with E-state index in [1.165, 1.54) is 0 Å². The van der Waals surface area contributed by atoms with Crippen LogP contribution in [0.3, 0.4) is 0 Å². The Balaban J connectivity index is 1.75. The topological polar surface area (TPSA) is 68.8 Å². The van der Waals surface area contributed by atoms with E-state index in [0.29, 0.717) is 50.9 Å². The molecule has 0 bridgehead atoms. The second kappa shape index (κ2) is 6.90. The molecule has 0 saturated heterocycles. The summed E-state index contributed by atoms with van der Waals surface area (Å²) in [5.74, 6) is 1.39. The molecule has 0 amide bonds. The first-order valence-electron chi connectivity index (χ1n) is 7.81. The Hall–Kier alpha value is -2.70. The van der Waals surface area contributed by atoms with E-state index in [0.717, 1.165) is 0 Å². The number of hydrogen-bond acceptors (Lipinski definition) is 5. The molecule has 0 fully saturated rings. The summed E-state index contributed by atoms with van der Waals surface area (Å²) >= 11 is 12.6. The van der Waals surface area contributed by atoms with Gasteiger partial charge in [-0.25, -0.2) is 0 Å². The predicted molar refractivity (Wildman–Crippen MR) is 95.7 cm³/mol. The van der Waals surface area contributed by atoms with Gasteiger partial charge in [-0.15, -0.1) is 0 Å². The fourth-order valence-electron chi connectivity index (χ4n) is 2.65. The minimum absolute atomic E-state index is 0.376. The van der Waals surface area contributed by atoms with Gasteiger partial charge in [0, 0.05) is 17.7 Å². The van der Waals surface area contributed by atoms with E-state index in [1.807, 2.05) is 35.2 Å². The summed E-state index contributed by atoms with van der Waals surface area (Å²) < 4.78 is 12.7. The van der Waals surface area contributed by atoms with E-state index in [-0.39, 0.29) is 0 Å². The number of hydrogen-bond donors (Lipinski definition) is 0. The van der Waals surface area contributed by atoms with Gasteiger partial charge in [0.2, 0.25) is 12.4 Å². The van der Waals surface area contributed by atoms with Crippen LogP contribution in [-0.2, 0) is 6.54 Å². The third-order valence-electron chi connectivity index (χ3n) is 3.85. The second-order valence-corrected chi connectivity index (χ2v) is 6.43. The van der Waals surface area contributed by atoms with Crippen LogP contribution in [-0.4, -0.2) is 15.3 Å². The van der Waals surface area contributed by atoms with Gasteiger partial charge in [-0.1, -0.05) is 45.6 Å². The summed E-state index contributed by atoms with van der Waals surface area (Å²) in [6.07, 6.45) is 3.84. The first-order chi connectivity index (χ1) is 12.6. The van der Waals surface area contributed by atoms with Gasteiger partial charge >= 0.3 is 0 Å². The van der Waals surface area contributed by atoms with E-state index in [4.69, 9.17) is 32.2 Å². The molecule has 1 aromatic carbocycles. The van der Waals surface area contributed by atoms with Crippen molar-refractivity contribution in [3.63, 3.8) is 0 Å². The fourth-order valence-corrected chi connectivity index (χ4v) is 3.22. The molecule has 0 unspecified atom stereocenters. The monoisotopic (exact) mass is 387 g/mol. The van der Waals surface area contributed by atoms with E-state index in [1.54, 1.807) is 25.1 Å². The summed E-state index contributed by atoms with van der Waals surface area (Å²) in [6.45, 7) is 2.24. The molecule has 3 aromatic heterocycles. The van der Waals surface area contributed by atoms with Crippen molar-refractivity contribution < 1.29 is 13.6 Å². The SMILES string of the molecule is Cc1onc(-c2c(Cl)cccc2Cl)c1-c1noc(C[n+]2ccccc2)n1. The summed E-state index contributed by atoms with van der Waals surface area (Å²) in [4.78, 5) is 4.47. The van der Waals surface area contributed by atoms with Crippen LogP contribution in [0, 0.1) is 6.92 Å². The third-order valence-corrected chi connectivity index (χ3v) is 4.48. The number of pyridine rings is 1. The lowest BCUT2D eigenvalue weighted by Crippen LogP contribution is -2.32. The molecule has 8 heteroatoms. The molecule has 4 aromatic rings. The quantitative estimate of drug-likeness (QED) is 0.487. The minimum atomic E-state index is 0.376. The van der Waals surface area contributed by atoms with Crippen LogP contribution >= 0.6 is 23.2 Å².